The van der Waals surface area contributed by atoms with Gasteiger partial charge in [0, 0.05) is 42.5 Å². The van der Waals surface area contributed by atoms with Crippen LogP contribution in [0, 0.1) is 0 Å². The van der Waals surface area contributed by atoms with Crippen LogP contribution in [-0.2, 0) is 4.74 Å². The standard InChI is InChI=1S/C19H18N4O2/c24-19(18-17-14(5-11-22-18)3-1-8-21-17)23(13-16-4-2-12-25-16)15-6-9-20-10-7-15/h1,3,5-11,16H,2,4,12-13H2. The second-order valence-corrected chi connectivity index (χ2v) is 5.99. The molecule has 6 heteroatoms. The number of pyridine rings is 3. The highest BCUT2D eigenvalue weighted by atomic mass is 16.5. The van der Waals surface area contributed by atoms with Crippen LogP contribution in [0.5, 0.6) is 0 Å². The van der Waals surface area contributed by atoms with Gasteiger partial charge in [-0.25, -0.2) is 4.98 Å². The van der Waals surface area contributed by atoms with Gasteiger partial charge in [0.1, 0.15) is 5.52 Å². The van der Waals surface area contributed by atoms with Crippen molar-refractivity contribution in [1.29, 1.82) is 0 Å². The van der Waals surface area contributed by atoms with Gasteiger partial charge in [0.25, 0.3) is 5.91 Å². The Morgan fingerprint density at radius 3 is 2.80 bits per heavy atom. The fourth-order valence-electron chi connectivity index (χ4n) is 3.11. The van der Waals surface area contributed by atoms with Gasteiger partial charge in [-0.1, -0.05) is 6.07 Å². The van der Waals surface area contributed by atoms with Crippen LogP contribution in [0.3, 0.4) is 0 Å². The molecule has 1 aliphatic heterocycles. The topological polar surface area (TPSA) is 68.2 Å². The van der Waals surface area contributed by atoms with E-state index >= 15 is 0 Å². The maximum atomic E-state index is 13.3. The fourth-order valence-corrected chi connectivity index (χ4v) is 3.11. The van der Waals surface area contributed by atoms with Gasteiger partial charge in [0.2, 0.25) is 0 Å². The molecule has 1 atom stereocenters. The van der Waals surface area contributed by atoms with E-state index in [9.17, 15) is 4.79 Å². The van der Waals surface area contributed by atoms with E-state index in [1.165, 1.54) is 0 Å². The zero-order chi connectivity index (χ0) is 17.1. The van der Waals surface area contributed by atoms with Gasteiger partial charge < -0.3 is 9.64 Å². The molecule has 0 spiro atoms. The molecule has 3 aromatic heterocycles. The summed E-state index contributed by atoms with van der Waals surface area (Å²) in [5.74, 6) is -0.175. The van der Waals surface area contributed by atoms with Crippen LogP contribution >= 0.6 is 0 Å². The lowest BCUT2D eigenvalue weighted by Gasteiger charge is -2.25. The Morgan fingerprint density at radius 2 is 2.00 bits per heavy atom. The molecule has 1 unspecified atom stereocenters. The Hall–Kier alpha value is -2.86. The Balaban J connectivity index is 1.73. The van der Waals surface area contributed by atoms with Crippen molar-refractivity contribution in [3.05, 3.63) is 60.8 Å². The number of anilines is 1. The Kier molecular flexibility index (Phi) is 4.35. The van der Waals surface area contributed by atoms with Gasteiger partial charge in [-0.3, -0.25) is 14.8 Å². The van der Waals surface area contributed by atoms with Crippen LogP contribution in [0.1, 0.15) is 23.3 Å². The normalized spacial score (nSPS) is 16.9. The Bertz CT molecular complexity index is 873. The second kappa shape index (κ2) is 6.94. The summed E-state index contributed by atoms with van der Waals surface area (Å²) < 4.78 is 5.73. The van der Waals surface area contributed by atoms with Crippen molar-refractivity contribution in [2.45, 2.75) is 18.9 Å². The van der Waals surface area contributed by atoms with E-state index < -0.39 is 0 Å². The summed E-state index contributed by atoms with van der Waals surface area (Å²) in [5, 5.41) is 0.896. The van der Waals surface area contributed by atoms with E-state index in [0.717, 1.165) is 30.5 Å². The van der Waals surface area contributed by atoms with Gasteiger partial charge in [-0.15, -0.1) is 0 Å². The first-order valence-electron chi connectivity index (χ1n) is 8.36. The highest BCUT2D eigenvalue weighted by molar-refractivity contribution is 6.11. The van der Waals surface area contributed by atoms with Crippen molar-refractivity contribution in [1.82, 2.24) is 15.0 Å². The van der Waals surface area contributed by atoms with Crippen LogP contribution in [0.4, 0.5) is 5.69 Å². The van der Waals surface area contributed by atoms with E-state index in [1.807, 2.05) is 30.3 Å². The summed E-state index contributed by atoms with van der Waals surface area (Å²) in [6, 6.07) is 9.29. The average Bonchev–Trinajstić information content (AvgIpc) is 3.19. The number of rotatable bonds is 4. The SMILES string of the molecule is O=C(c1nccc2cccnc12)N(CC1CCCO1)c1ccncc1. The van der Waals surface area contributed by atoms with Gasteiger partial charge in [-0.05, 0) is 37.1 Å². The molecule has 0 aliphatic carbocycles. The first-order valence-corrected chi connectivity index (χ1v) is 8.36. The van der Waals surface area contributed by atoms with Crippen molar-refractivity contribution >= 4 is 22.5 Å². The third kappa shape index (κ3) is 3.21. The van der Waals surface area contributed by atoms with Crippen molar-refractivity contribution in [3.8, 4) is 0 Å². The molecule has 3 aromatic rings. The molecule has 4 heterocycles. The largest absolute Gasteiger partial charge is 0.376 e. The quantitative estimate of drug-likeness (QED) is 0.734. The maximum absolute atomic E-state index is 13.3. The summed E-state index contributed by atoms with van der Waals surface area (Å²) in [6.45, 7) is 1.24. The predicted molar refractivity (Wildman–Crippen MR) is 94.4 cm³/mol. The molecule has 6 nitrogen and oxygen atoms in total. The monoisotopic (exact) mass is 334 g/mol. The van der Waals surface area contributed by atoms with E-state index in [2.05, 4.69) is 15.0 Å². The molecule has 1 fully saturated rings. The van der Waals surface area contributed by atoms with Crippen molar-refractivity contribution < 1.29 is 9.53 Å². The number of hydrogen-bond acceptors (Lipinski definition) is 5. The zero-order valence-electron chi connectivity index (χ0n) is 13.7. The molecule has 1 aliphatic rings. The maximum Gasteiger partial charge on any atom is 0.279 e. The predicted octanol–water partition coefficient (Wildman–Crippen LogP) is 2.85. The number of nitrogens with zero attached hydrogens (tertiary/aromatic N) is 4. The summed E-state index contributed by atoms with van der Waals surface area (Å²) in [7, 11) is 0. The van der Waals surface area contributed by atoms with Crippen LogP contribution in [0.15, 0.2) is 55.1 Å². The molecule has 0 N–H and O–H groups in total. The summed E-state index contributed by atoms with van der Waals surface area (Å²) >= 11 is 0. The number of fused-ring (bicyclic) bond motifs is 1. The average molecular weight is 334 g/mol. The molecule has 1 saturated heterocycles. The number of hydrogen-bond donors (Lipinski definition) is 0. The van der Waals surface area contributed by atoms with Crippen LogP contribution in [0.2, 0.25) is 0 Å². The highest BCUT2D eigenvalue weighted by Crippen LogP contribution is 2.22. The van der Waals surface area contributed by atoms with Crippen molar-refractivity contribution in [2.24, 2.45) is 0 Å². The number of carbonyl (C=O) groups excluding carboxylic acids is 1. The lowest BCUT2D eigenvalue weighted by molar-refractivity contribution is 0.0914. The number of aromatic nitrogens is 3. The van der Waals surface area contributed by atoms with Crippen LogP contribution in [0.25, 0.3) is 10.9 Å². The van der Waals surface area contributed by atoms with Gasteiger partial charge in [0.15, 0.2) is 5.69 Å². The minimum atomic E-state index is -0.175. The minimum absolute atomic E-state index is 0.0417. The van der Waals surface area contributed by atoms with E-state index in [0.29, 0.717) is 17.8 Å². The lowest BCUT2D eigenvalue weighted by atomic mass is 10.1. The first-order chi connectivity index (χ1) is 12.3. The third-order valence-electron chi connectivity index (χ3n) is 4.35. The lowest BCUT2D eigenvalue weighted by Crippen LogP contribution is -2.38. The van der Waals surface area contributed by atoms with E-state index in [4.69, 9.17) is 4.74 Å². The highest BCUT2D eigenvalue weighted by Gasteiger charge is 2.26. The molecule has 25 heavy (non-hydrogen) atoms. The molecular formula is C19H18N4O2. The smallest absolute Gasteiger partial charge is 0.279 e. The number of carbonyl (C=O) groups is 1. The van der Waals surface area contributed by atoms with Gasteiger partial charge >= 0.3 is 0 Å². The molecule has 0 radical (unpaired) electrons. The van der Waals surface area contributed by atoms with Crippen LogP contribution < -0.4 is 4.90 Å². The third-order valence-corrected chi connectivity index (χ3v) is 4.35. The second-order valence-electron chi connectivity index (χ2n) is 5.99. The first kappa shape index (κ1) is 15.7. The molecule has 4 rings (SSSR count). The summed E-state index contributed by atoms with van der Waals surface area (Å²) in [4.78, 5) is 27.7. The molecular weight excluding hydrogens is 316 g/mol. The van der Waals surface area contributed by atoms with E-state index in [-0.39, 0.29) is 12.0 Å². The van der Waals surface area contributed by atoms with Gasteiger partial charge in [-0.2, -0.15) is 0 Å². The van der Waals surface area contributed by atoms with Crippen molar-refractivity contribution in [2.75, 3.05) is 18.1 Å². The van der Waals surface area contributed by atoms with Gasteiger partial charge in [0.05, 0.1) is 12.6 Å². The molecule has 126 valence electrons. The number of ether oxygens (including phenoxy) is 1. The molecule has 0 aromatic carbocycles. The van der Waals surface area contributed by atoms with E-state index in [1.54, 1.807) is 29.7 Å². The Labute approximate surface area is 145 Å². The summed E-state index contributed by atoms with van der Waals surface area (Å²) in [6.07, 6.45) is 8.71. The Morgan fingerprint density at radius 1 is 1.12 bits per heavy atom. The zero-order valence-corrected chi connectivity index (χ0v) is 13.7. The van der Waals surface area contributed by atoms with Crippen LogP contribution in [-0.4, -0.2) is 40.1 Å². The molecule has 0 saturated carbocycles. The summed E-state index contributed by atoms with van der Waals surface area (Å²) in [5.41, 5.74) is 1.75. The molecule has 0 bridgehead atoms. The molecule has 1 amide bonds. The number of amides is 1. The van der Waals surface area contributed by atoms with Crippen molar-refractivity contribution in [3.63, 3.8) is 0 Å². The minimum Gasteiger partial charge on any atom is -0.376 e. The fraction of sp³-hybridized carbons (Fsp3) is 0.263.